The van der Waals surface area contributed by atoms with Gasteiger partial charge in [0, 0.05) is 24.8 Å². The molecule has 1 fully saturated rings. The van der Waals surface area contributed by atoms with Gasteiger partial charge in [0.05, 0.1) is 17.0 Å². The molecule has 0 radical (unpaired) electrons. The molecule has 2 amide bonds. The largest absolute Gasteiger partial charge is 0.459 e. The lowest BCUT2D eigenvalue weighted by molar-refractivity contribution is 0.0667. The van der Waals surface area contributed by atoms with Crippen LogP contribution < -0.4 is 5.32 Å². The minimum atomic E-state index is -0.334. The summed E-state index contributed by atoms with van der Waals surface area (Å²) in [5.41, 5.74) is 1.95. The molecule has 0 aromatic carbocycles. The van der Waals surface area contributed by atoms with Gasteiger partial charge in [-0.05, 0) is 57.0 Å². The van der Waals surface area contributed by atoms with Crippen LogP contribution in [0, 0.1) is 13.8 Å². The first kappa shape index (κ1) is 20.2. The summed E-state index contributed by atoms with van der Waals surface area (Å²) in [5, 5.41) is 7.68. The maximum Gasteiger partial charge on any atom is 0.289 e. The van der Waals surface area contributed by atoms with E-state index in [0.29, 0.717) is 37.5 Å². The average Bonchev–Trinajstić information content (AvgIpc) is 3.38. The Labute approximate surface area is 178 Å². The van der Waals surface area contributed by atoms with E-state index in [1.54, 1.807) is 33.8 Å². The zero-order valence-corrected chi connectivity index (χ0v) is 17.5. The predicted molar refractivity (Wildman–Crippen MR) is 111 cm³/mol. The van der Waals surface area contributed by atoms with E-state index in [4.69, 9.17) is 16.0 Å². The van der Waals surface area contributed by atoms with Gasteiger partial charge in [0.2, 0.25) is 0 Å². The van der Waals surface area contributed by atoms with Crippen molar-refractivity contribution in [3.63, 3.8) is 0 Å². The van der Waals surface area contributed by atoms with Crippen LogP contribution in [0.5, 0.6) is 0 Å². The second kappa shape index (κ2) is 8.31. The van der Waals surface area contributed by atoms with Gasteiger partial charge in [0.1, 0.15) is 5.69 Å². The zero-order chi connectivity index (χ0) is 21.3. The van der Waals surface area contributed by atoms with Crippen LogP contribution in [0.3, 0.4) is 0 Å². The molecule has 0 aliphatic carbocycles. The van der Waals surface area contributed by atoms with E-state index in [9.17, 15) is 9.59 Å². The molecule has 1 aliphatic rings. The van der Waals surface area contributed by atoms with Crippen molar-refractivity contribution in [3.05, 3.63) is 64.5 Å². The normalized spacial score (nSPS) is 14.7. The third kappa shape index (κ3) is 4.09. The van der Waals surface area contributed by atoms with Crippen molar-refractivity contribution in [2.24, 2.45) is 0 Å². The van der Waals surface area contributed by atoms with Gasteiger partial charge in [0.15, 0.2) is 11.6 Å². The van der Waals surface area contributed by atoms with Crippen LogP contribution in [0.2, 0.25) is 5.02 Å². The number of furan rings is 1. The molecule has 4 rings (SSSR count). The predicted octanol–water partition coefficient (Wildman–Crippen LogP) is 3.17. The van der Waals surface area contributed by atoms with Crippen molar-refractivity contribution < 1.29 is 14.0 Å². The molecule has 156 valence electrons. The average molecular weight is 428 g/mol. The first-order valence-corrected chi connectivity index (χ1v) is 10.1. The standard InChI is InChI=1S/C21H22ClN5O3/c1-13-12-14(2)27(25-13)18-6-5-16(22)19(24-18)20(28)23-15-7-9-26(10-8-15)21(29)17-4-3-11-30-17/h3-6,11-12,15H,7-10H2,1-2H3,(H,23,28). The Bertz CT molecular complexity index is 1070. The number of likely N-dealkylation sites (tertiary alicyclic amines) is 1. The van der Waals surface area contributed by atoms with E-state index >= 15 is 0 Å². The van der Waals surface area contributed by atoms with Crippen molar-refractivity contribution in [1.29, 1.82) is 0 Å². The van der Waals surface area contributed by atoms with Crippen LogP contribution in [-0.4, -0.2) is 50.6 Å². The van der Waals surface area contributed by atoms with E-state index in [1.807, 2.05) is 19.9 Å². The Morgan fingerprint density at radius 2 is 1.97 bits per heavy atom. The van der Waals surface area contributed by atoms with Gasteiger partial charge in [-0.3, -0.25) is 9.59 Å². The Kier molecular flexibility index (Phi) is 5.59. The van der Waals surface area contributed by atoms with Gasteiger partial charge in [-0.15, -0.1) is 0 Å². The first-order chi connectivity index (χ1) is 14.4. The lowest BCUT2D eigenvalue weighted by atomic mass is 10.0. The number of carbonyl (C=O) groups excluding carboxylic acids is 2. The molecule has 9 heteroatoms. The number of halogens is 1. The van der Waals surface area contributed by atoms with Gasteiger partial charge < -0.3 is 14.6 Å². The topological polar surface area (TPSA) is 93.3 Å². The Balaban J connectivity index is 1.41. The van der Waals surface area contributed by atoms with Crippen molar-refractivity contribution >= 4 is 23.4 Å². The maximum atomic E-state index is 12.8. The molecule has 0 saturated carbocycles. The fraction of sp³-hybridized carbons (Fsp3) is 0.333. The highest BCUT2D eigenvalue weighted by Crippen LogP contribution is 2.19. The summed E-state index contributed by atoms with van der Waals surface area (Å²) < 4.78 is 6.86. The molecule has 30 heavy (non-hydrogen) atoms. The van der Waals surface area contributed by atoms with E-state index in [-0.39, 0.29) is 28.6 Å². The summed E-state index contributed by atoms with van der Waals surface area (Å²) in [7, 11) is 0. The molecule has 3 aromatic rings. The van der Waals surface area contributed by atoms with Crippen LogP contribution in [0.1, 0.15) is 45.3 Å². The van der Waals surface area contributed by atoms with Gasteiger partial charge >= 0.3 is 0 Å². The molecule has 0 atom stereocenters. The molecule has 0 spiro atoms. The van der Waals surface area contributed by atoms with Crippen LogP contribution in [-0.2, 0) is 0 Å². The number of rotatable bonds is 4. The van der Waals surface area contributed by atoms with Crippen LogP contribution >= 0.6 is 11.6 Å². The third-order valence-corrected chi connectivity index (χ3v) is 5.43. The van der Waals surface area contributed by atoms with Crippen LogP contribution in [0.25, 0.3) is 5.82 Å². The smallest absolute Gasteiger partial charge is 0.289 e. The van der Waals surface area contributed by atoms with Gasteiger partial charge in [-0.2, -0.15) is 5.10 Å². The highest BCUT2D eigenvalue weighted by atomic mass is 35.5. The number of nitrogens with one attached hydrogen (secondary N) is 1. The quantitative estimate of drug-likeness (QED) is 0.690. The molecule has 1 aliphatic heterocycles. The van der Waals surface area contributed by atoms with E-state index in [0.717, 1.165) is 11.4 Å². The van der Waals surface area contributed by atoms with E-state index in [1.165, 1.54) is 6.26 Å². The van der Waals surface area contributed by atoms with Crippen LogP contribution in [0.15, 0.2) is 41.0 Å². The number of hydrogen-bond donors (Lipinski definition) is 1. The highest BCUT2D eigenvalue weighted by Gasteiger charge is 2.27. The SMILES string of the molecule is Cc1cc(C)n(-c2ccc(Cl)c(C(=O)NC3CCN(C(=O)c4ccco4)CC3)n2)n1. The number of aromatic nitrogens is 3. The number of carbonyl (C=O) groups is 2. The number of pyridine rings is 1. The second-order valence-corrected chi connectivity index (χ2v) is 7.76. The lowest BCUT2D eigenvalue weighted by Gasteiger charge is -2.31. The summed E-state index contributed by atoms with van der Waals surface area (Å²) >= 11 is 6.25. The second-order valence-electron chi connectivity index (χ2n) is 7.36. The van der Waals surface area contributed by atoms with Gasteiger partial charge in [0.25, 0.3) is 11.8 Å². The Hall–Kier alpha value is -3.13. The highest BCUT2D eigenvalue weighted by molar-refractivity contribution is 6.33. The Morgan fingerprint density at radius 3 is 2.60 bits per heavy atom. The van der Waals surface area contributed by atoms with Crippen molar-refractivity contribution in [2.75, 3.05) is 13.1 Å². The van der Waals surface area contributed by atoms with Crippen LogP contribution in [0.4, 0.5) is 0 Å². The molecule has 1 N–H and O–H groups in total. The minimum absolute atomic E-state index is 0.0617. The van der Waals surface area contributed by atoms with Crippen molar-refractivity contribution in [1.82, 2.24) is 25.0 Å². The molecule has 1 saturated heterocycles. The molecule has 4 heterocycles. The van der Waals surface area contributed by atoms with Gasteiger partial charge in [-0.25, -0.2) is 9.67 Å². The molecule has 0 bridgehead atoms. The first-order valence-electron chi connectivity index (χ1n) is 9.76. The number of amides is 2. The summed E-state index contributed by atoms with van der Waals surface area (Å²) in [6.07, 6.45) is 2.77. The summed E-state index contributed by atoms with van der Waals surface area (Å²) in [6, 6.07) is 8.61. The summed E-state index contributed by atoms with van der Waals surface area (Å²) in [5.74, 6) is 0.398. The molecule has 8 nitrogen and oxygen atoms in total. The van der Waals surface area contributed by atoms with Gasteiger partial charge in [-0.1, -0.05) is 11.6 Å². The number of nitrogens with zero attached hydrogens (tertiary/aromatic N) is 4. The minimum Gasteiger partial charge on any atom is -0.459 e. The number of piperidine rings is 1. The summed E-state index contributed by atoms with van der Waals surface area (Å²) in [6.45, 7) is 4.90. The molecular formula is C21H22ClN5O3. The lowest BCUT2D eigenvalue weighted by Crippen LogP contribution is -2.46. The summed E-state index contributed by atoms with van der Waals surface area (Å²) in [4.78, 5) is 31.4. The number of aryl methyl sites for hydroxylation is 2. The fourth-order valence-electron chi connectivity index (χ4n) is 3.61. The Morgan fingerprint density at radius 1 is 1.20 bits per heavy atom. The van der Waals surface area contributed by atoms with Crippen molar-refractivity contribution in [2.45, 2.75) is 32.7 Å². The molecule has 3 aromatic heterocycles. The monoisotopic (exact) mass is 427 g/mol. The zero-order valence-electron chi connectivity index (χ0n) is 16.8. The van der Waals surface area contributed by atoms with Crippen molar-refractivity contribution in [3.8, 4) is 5.82 Å². The number of hydrogen-bond acceptors (Lipinski definition) is 5. The van der Waals surface area contributed by atoms with E-state index in [2.05, 4.69) is 15.4 Å². The third-order valence-electron chi connectivity index (χ3n) is 5.12. The molecule has 0 unspecified atom stereocenters. The van der Waals surface area contributed by atoms with E-state index < -0.39 is 0 Å². The molecular weight excluding hydrogens is 406 g/mol. The maximum absolute atomic E-state index is 12.8. The fourth-order valence-corrected chi connectivity index (χ4v) is 3.80.